The molecule has 0 spiro atoms. The standard InChI is InChI=1S/C13H24N4O/c1-4-6-14-10-12-13(16(2)8-9-18-12)11-5-7-15-17(11)3/h5,7,12-14H,4,6,8-10H2,1-3H3. The fourth-order valence-electron chi connectivity index (χ4n) is 2.54. The maximum absolute atomic E-state index is 5.94. The molecule has 0 aromatic carbocycles. The summed E-state index contributed by atoms with van der Waals surface area (Å²) in [5.74, 6) is 0. The minimum Gasteiger partial charge on any atom is -0.374 e. The molecule has 18 heavy (non-hydrogen) atoms. The van der Waals surface area contributed by atoms with E-state index in [-0.39, 0.29) is 12.1 Å². The van der Waals surface area contributed by atoms with Crippen LogP contribution in [0.25, 0.3) is 0 Å². The minimum atomic E-state index is 0.200. The lowest BCUT2D eigenvalue weighted by molar-refractivity contribution is -0.0636. The Morgan fingerprint density at radius 2 is 2.33 bits per heavy atom. The molecule has 0 aliphatic carbocycles. The highest BCUT2D eigenvalue weighted by Crippen LogP contribution is 2.27. The van der Waals surface area contributed by atoms with E-state index >= 15 is 0 Å². The summed E-state index contributed by atoms with van der Waals surface area (Å²) in [7, 11) is 4.15. The van der Waals surface area contributed by atoms with Crippen molar-refractivity contribution in [2.75, 3.05) is 33.3 Å². The first kappa shape index (κ1) is 13.5. The third-order valence-electron chi connectivity index (χ3n) is 3.54. The molecule has 1 aliphatic heterocycles. The lowest BCUT2D eigenvalue weighted by Crippen LogP contribution is -2.48. The molecule has 2 rings (SSSR count). The van der Waals surface area contributed by atoms with E-state index in [4.69, 9.17) is 4.74 Å². The van der Waals surface area contributed by atoms with Crippen LogP contribution in [0, 0.1) is 0 Å². The Bertz CT molecular complexity index is 366. The van der Waals surface area contributed by atoms with Crippen molar-refractivity contribution < 1.29 is 4.74 Å². The Kier molecular flexibility index (Phi) is 4.74. The Balaban J connectivity index is 2.08. The molecule has 102 valence electrons. The molecule has 5 nitrogen and oxygen atoms in total. The van der Waals surface area contributed by atoms with Gasteiger partial charge in [-0.3, -0.25) is 9.58 Å². The molecule has 1 saturated heterocycles. The van der Waals surface area contributed by atoms with Crippen molar-refractivity contribution in [3.05, 3.63) is 18.0 Å². The van der Waals surface area contributed by atoms with Crippen LogP contribution in [0.2, 0.25) is 0 Å². The van der Waals surface area contributed by atoms with Gasteiger partial charge in [0.25, 0.3) is 0 Å². The van der Waals surface area contributed by atoms with Gasteiger partial charge in [0, 0.05) is 26.3 Å². The second-order valence-electron chi connectivity index (χ2n) is 4.92. The average Bonchev–Trinajstić information content (AvgIpc) is 2.76. The van der Waals surface area contributed by atoms with E-state index < -0.39 is 0 Å². The van der Waals surface area contributed by atoms with Gasteiger partial charge in [0.15, 0.2) is 0 Å². The Labute approximate surface area is 109 Å². The van der Waals surface area contributed by atoms with Gasteiger partial charge in [-0.15, -0.1) is 0 Å². The number of likely N-dealkylation sites (N-methyl/N-ethyl adjacent to an activating group) is 1. The second kappa shape index (κ2) is 6.31. The molecule has 0 saturated carbocycles. The molecule has 1 N–H and O–H groups in total. The van der Waals surface area contributed by atoms with Gasteiger partial charge < -0.3 is 10.1 Å². The zero-order chi connectivity index (χ0) is 13.0. The van der Waals surface area contributed by atoms with E-state index in [0.717, 1.165) is 32.7 Å². The number of aryl methyl sites for hydroxylation is 1. The van der Waals surface area contributed by atoms with Gasteiger partial charge in [0.2, 0.25) is 0 Å². The fraction of sp³-hybridized carbons (Fsp3) is 0.769. The fourth-order valence-corrected chi connectivity index (χ4v) is 2.54. The van der Waals surface area contributed by atoms with Crippen LogP contribution in [0.5, 0.6) is 0 Å². The van der Waals surface area contributed by atoms with Crippen molar-refractivity contribution >= 4 is 0 Å². The summed E-state index contributed by atoms with van der Waals surface area (Å²) in [6.07, 6.45) is 3.21. The topological polar surface area (TPSA) is 42.3 Å². The van der Waals surface area contributed by atoms with Crippen LogP contribution >= 0.6 is 0 Å². The SMILES string of the molecule is CCCNCC1OCCN(C)C1c1ccnn1C. The van der Waals surface area contributed by atoms with E-state index in [0.29, 0.717) is 0 Å². The molecule has 2 atom stereocenters. The summed E-state index contributed by atoms with van der Waals surface area (Å²) in [5, 5.41) is 7.73. The molecule has 0 bridgehead atoms. The summed E-state index contributed by atoms with van der Waals surface area (Å²) in [5.41, 5.74) is 1.22. The van der Waals surface area contributed by atoms with Gasteiger partial charge in [-0.25, -0.2) is 0 Å². The van der Waals surface area contributed by atoms with E-state index in [1.54, 1.807) is 0 Å². The van der Waals surface area contributed by atoms with E-state index in [1.165, 1.54) is 5.69 Å². The normalized spacial score (nSPS) is 25.5. The highest BCUT2D eigenvalue weighted by atomic mass is 16.5. The van der Waals surface area contributed by atoms with Gasteiger partial charge in [0.1, 0.15) is 0 Å². The van der Waals surface area contributed by atoms with Gasteiger partial charge in [-0.05, 0) is 26.1 Å². The maximum atomic E-state index is 5.94. The number of hydrogen-bond donors (Lipinski definition) is 1. The number of aromatic nitrogens is 2. The van der Waals surface area contributed by atoms with Crippen LogP contribution < -0.4 is 5.32 Å². The molecule has 0 amide bonds. The van der Waals surface area contributed by atoms with Crippen molar-refractivity contribution in [2.24, 2.45) is 7.05 Å². The molecule has 1 aliphatic rings. The Morgan fingerprint density at radius 3 is 3.00 bits per heavy atom. The predicted octanol–water partition coefficient (Wildman–Crippen LogP) is 0.791. The van der Waals surface area contributed by atoms with Gasteiger partial charge >= 0.3 is 0 Å². The Morgan fingerprint density at radius 1 is 1.50 bits per heavy atom. The first-order chi connectivity index (χ1) is 8.74. The van der Waals surface area contributed by atoms with E-state index in [9.17, 15) is 0 Å². The van der Waals surface area contributed by atoms with Crippen LogP contribution in [0.15, 0.2) is 12.3 Å². The molecule has 1 aromatic rings. The molecule has 5 heteroatoms. The molecule has 2 heterocycles. The number of hydrogen-bond acceptors (Lipinski definition) is 4. The predicted molar refractivity (Wildman–Crippen MR) is 71.5 cm³/mol. The number of ether oxygens (including phenoxy) is 1. The summed E-state index contributed by atoms with van der Waals surface area (Å²) >= 11 is 0. The lowest BCUT2D eigenvalue weighted by atomic mass is 10.0. The van der Waals surface area contributed by atoms with Gasteiger partial charge in [-0.2, -0.15) is 5.10 Å². The lowest BCUT2D eigenvalue weighted by Gasteiger charge is -2.39. The van der Waals surface area contributed by atoms with E-state index in [1.807, 2.05) is 17.9 Å². The van der Waals surface area contributed by atoms with Crippen LogP contribution in [0.1, 0.15) is 25.1 Å². The summed E-state index contributed by atoms with van der Waals surface area (Å²) in [4.78, 5) is 2.36. The Hall–Kier alpha value is -0.910. The quantitative estimate of drug-likeness (QED) is 0.787. The smallest absolute Gasteiger partial charge is 0.0911 e. The maximum Gasteiger partial charge on any atom is 0.0911 e. The number of nitrogens with zero attached hydrogens (tertiary/aromatic N) is 3. The monoisotopic (exact) mass is 252 g/mol. The van der Waals surface area contributed by atoms with Gasteiger partial charge in [-0.1, -0.05) is 6.92 Å². The largest absolute Gasteiger partial charge is 0.374 e. The van der Waals surface area contributed by atoms with Crippen molar-refractivity contribution in [3.8, 4) is 0 Å². The van der Waals surface area contributed by atoms with E-state index in [2.05, 4.69) is 35.4 Å². The van der Waals surface area contributed by atoms with Crippen molar-refractivity contribution in [2.45, 2.75) is 25.5 Å². The molecular formula is C13H24N4O. The first-order valence-corrected chi connectivity index (χ1v) is 6.74. The highest BCUT2D eigenvalue weighted by molar-refractivity contribution is 5.10. The molecule has 2 unspecified atom stereocenters. The molecular weight excluding hydrogens is 228 g/mol. The highest BCUT2D eigenvalue weighted by Gasteiger charge is 2.32. The van der Waals surface area contributed by atoms with Crippen LogP contribution in [-0.4, -0.2) is 54.1 Å². The summed E-state index contributed by atoms with van der Waals surface area (Å²) in [6, 6.07) is 2.37. The summed E-state index contributed by atoms with van der Waals surface area (Å²) in [6.45, 7) is 5.90. The van der Waals surface area contributed by atoms with Crippen LogP contribution in [0.4, 0.5) is 0 Å². The number of nitrogens with one attached hydrogen (secondary N) is 1. The summed E-state index contributed by atoms with van der Waals surface area (Å²) < 4.78 is 7.89. The van der Waals surface area contributed by atoms with Crippen LogP contribution in [0.3, 0.4) is 0 Å². The first-order valence-electron chi connectivity index (χ1n) is 6.74. The van der Waals surface area contributed by atoms with Gasteiger partial charge in [0.05, 0.1) is 24.4 Å². The third kappa shape index (κ3) is 2.91. The minimum absolute atomic E-state index is 0.200. The van der Waals surface area contributed by atoms with Crippen molar-refractivity contribution in [1.82, 2.24) is 20.0 Å². The molecule has 1 fully saturated rings. The van der Waals surface area contributed by atoms with Crippen molar-refractivity contribution in [3.63, 3.8) is 0 Å². The third-order valence-corrected chi connectivity index (χ3v) is 3.54. The second-order valence-corrected chi connectivity index (χ2v) is 4.92. The van der Waals surface area contributed by atoms with Crippen molar-refractivity contribution in [1.29, 1.82) is 0 Å². The van der Waals surface area contributed by atoms with Crippen LogP contribution in [-0.2, 0) is 11.8 Å². The number of morpholine rings is 1. The zero-order valence-corrected chi connectivity index (χ0v) is 11.6. The average molecular weight is 252 g/mol. The zero-order valence-electron chi connectivity index (χ0n) is 11.6. The number of rotatable bonds is 5. The molecule has 0 radical (unpaired) electrons. The molecule has 1 aromatic heterocycles.